The van der Waals surface area contributed by atoms with E-state index in [9.17, 15) is 31.1 Å². The number of fused-ring (bicyclic) bond motifs is 1. The first-order valence-electron chi connectivity index (χ1n) is 11.3. The number of halogens is 7. The van der Waals surface area contributed by atoms with E-state index < -0.39 is 55.1 Å². The average molecular weight is 553 g/mol. The number of carbonyl (C=O) groups excluding carboxylic acids is 1. The summed E-state index contributed by atoms with van der Waals surface area (Å²) in [6.07, 6.45) is -11.6. The summed E-state index contributed by atoms with van der Waals surface area (Å²) in [6, 6.07) is 1.73. The predicted molar refractivity (Wildman–Crippen MR) is 116 cm³/mol. The minimum absolute atomic E-state index is 0.0379. The number of anilines is 2. The van der Waals surface area contributed by atoms with Gasteiger partial charge in [-0.25, -0.2) is 19.2 Å². The minimum atomic E-state index is -4.96. The lowest BCUT2D eigenvalue weighted by molar-refractivity contribution is -0.330. The molecule has 0 spiro atoms. The van der Waals surface area contributed by atoms with Crippen molar-refractivity contribution in [1.82, 2.24) is 29.9 Å². The van der Waals surface area contributed by atoms with E-state index in [1.54, 1.807) is 13.8 Å². The molecule has 3 N–H and O–H groups in total. The van der Waals surface area contributed by atoms with Crippen LogP contribution in [-0.2, 0) is 22.3 Å². The van der Waals surface area contributed by atoms with Crippen molar-refractivity contribution in [2.75, 3.05) is 5.32 Å². The molecule has 0 unspecified atom stereocenters. The first-order valence-corrected chi connectivity index (χ1v) is 11.3. The third-order valence-electron chi connectivity index (χ3n) is 5.58. The summed E-state index contributed by atoms with van der Waals surface area (Å²) in [5.74, 6) is -1.22. The monoisotopic (exact) mass is 553 g/mol. The Balaban J connectivity index is 1.54. The number of aromatic amines is 1. The van der Waals surface area contributed by atoms with Crippen LogP contribution in [0.15, 0.2) is 18.3 Å². The molecule has 3 atom stereocenters. The number of amides is 1. The molecule has 0 aliphatic heterocycles. The van der Waals surface area contributed by atoms with Gasteiger partial charge in [-0.15, -0.1) is 13.2 Å². The lowest BCUT2D eigenvalue weighted by Gasteiger charge is -2.18. The quantitative estimate of drug-likeness (QED) is 0.354. The fourth-order valence-corrected chi connectivity index (χ4v) is 3.98. The second-order valence-electron chi connectivity index (χ2n) is 8.86. The molecule has 38 heavy (non-hydrogen) atoms. The summed E-state index contributed by atoms with van der Waals surface area (Å²) in [5, 5.41) is 11.6. The highest BCUT2D eigenvalue weighted by Crippen LogP contribution is 2.39. The molecule has 0 bridgehead atoms. The molecule has 4 rings (SSSR count). The van der Waals surface area contributed by atoms with Gasteiger partial charge < -0.3 is 15.4 Å². The van der Waals surface area contributed by atoms with Crippen molar-refractivity contribution in [2.24, 2.45) is 0 Å². The number of carbonyl (C=O) groups is 1. The van der Waals surface area contributed by atoms with Gasteiger partial charge in [-0.05, 0) is 26.7 Å². The molecule has 208 valence electrons. The van der Waals surface area contributed by atoms with E-state index in [-0.39, 0.29) is 29.6 Å². The third-order valence-corrected chi connectivity index (χ3v) is 5.58. The molecule has 0 radical (unpaired) electrons. The second kappa shape index (κ2) is 10.3. The first kappa shape index (κ1) is 27.4. The van der Waals surface area contributed by atoms with Gasteiger partial charge in [0.2, 0.25) is 5.95 Å². The number of hydrogen-bond acceptors (Lipinski definition) is 7. The number of nitrogens with one attached hydrogen (secondary N) is 3. The molecule has 10 nitrogen and oxygen atoms in total. The number of H-pyrrole nitrogens is 1. The third kappa shape index (κ3) is 6.43. The average Bonchev–Trinajstić information content (AvgIpc) is 3.50. The fourth-order valence-electron chi connectivity index (χ4n) is 3.98. The number of alkyl halides is 7. The van der Waals surface area contributed by atoms with Gasteiger partial charge in [-0.3, -0.25) is 14.2 Å². The molecule has 1 saturated carbocycles. The van der Waals surface area contributed by atoms with Crippen molar-refractivity contribution in [2.45, 2.75) is 70.1 Å². The van der Waals surface area contributed by atoms with E-state index in [4.69, 9.17) is 4.74 Å². The van der Waals surface area contributed by atoms with Crippen LogP contribution in [0.3, 0.4) is 0 Å². The van der Waals surface area contributed by atoms with Gasteiger partial charge in [0.05, 0.1) is 12.3 Å². The molecular weight excluding hydrogens is 531 g/mol. The van der Waals surface area contributed by atoms with Crippen molar-refractivity contribution in [3.8, 4) is 0 Å². The van der Waals surface area contributed by atoms with Crippen LogP contribution in [0.25, 0.3) is 5.65 Å². The zero-order chi connectivity index (χ0) is 27.8. The highest BCUT2D eigenvalue weighted by Gasteiger charge is 2.41. The van der Waals surface area contributed by atoms with E-state index in [2.05, 4.69) is 35.5 Å². The van der Waals surface area contributed by atoms with Gasteiger partial charge in [0.1, 0.15) is 17.9 Å². The summed E-state index contributed by atoms with van der Waals surface area (Å²) in [7, 11) is 0. The Morgan fingerprint density at radius 1 is 1.18 bits per heavy atom. The van der Waals surface area contributed by atoms with Crippen molar-refractivity contribution in [3.05, 3.63) is 35.4 Å². The smallest absolute Gasteiger partial charge is 0.443 e. The Morgan fingerprint density at radius 2 is 1.92 bits per heavy atom. The normalized spacial score (nSPS) is 20.3. The van der Waals surface area contributed by atoms with Crippen molar-refractivity contribution in [1.29, 1.82) is 0 Å². The van der Waals surface area contributed by atoms with E-state index in [1.165, 1.54) is 6.07 Å². The van der Waals surface area contributed by atoms with Crippen molar-refractivity contribution in [3.63, 3.8) is 0 Å². The Hall–Kier alpha value is -3.63. The fraction of sp³-hybridized carbons (Fsp3) is 0.524. The topological polar surface area (TPSA) is 118 Å². The Kier molecular flexibility index (Phi) is 7.40. The number of ether oxygens (including phenoxy) is 2. The summed E-state index contributed by atoms with van der Waals surface area (Å²) in [6.45, 7) is 2.41. The molecular formula is C21H22F7N7O3. The molecule has 3 aromatic heterocycles. The molecule has 1 amide bonds. The SMILES string of the molecule is CC(C)NC(=O)O[C@H]1CC[C@@H](c2cc(Nc3nc(C(F)(F)F)cc4nc(COC(F)(F)F)cn34)n[nH]2)[C@@H]1F. The van der Waals surface area contributed by atoms with Crippen LogP contribution in [0.4, 0.5) is 47.3 Å². The molecule has 1 aliphatic carbocycles. The number of hydrogen-bond donors (Lipinski definition) is 3. The van der Waals surface area contributed by atoms with Crippen molar-refractivity contribution >= 4 is 23.5 Å². The molecule has 0 saturated heterocycles. The maximum atomic E-state index is 15.0. The highest BCUT2D eigenvalue weighted by molar-refractivity contribution is 5.67. The maximum Gasteiger partial charge on any atom is 0.522 e. The van der Waals surface area contributed by atoms with Gasteiger partial charge in [0, 0.05) is 36.0 Å². The van der Waals surface area contributed by atoms with Gasteiger partial charge in [-0.2, -0.15) is 18.3 Å². The van der Waals surface area contributed by atoms with Crippen LogP contribution in [0.2, 0.25) is 0 Å². The predicted octanol–water partition coefficient (Wildman–Crippen LogP) is 4.97. The second-order valence-corrected chi connectivity index (χ2v) is 8.86. The molecule has 17 heteroatoms. The molecule has 1 aliphatic rings. The molecule has 3 heterocycles. The van der Waals surface area contributed by atoms with Gasteiger partial charge in [0.15, 0.2) is 11.5 Å². The van der Waals surface area contributed by atoms with Crippen LogP contribution in [0, 0.1) is 0 Å². The number of nitrogens with zero attached hydrogens (tertiary/aromatic N) is 4. The van der Waals surface area contributed by atoms with Crippen LogP contribution in [0.1, 0.15) is 49.7 Å². The zero-order valence-electron chi connectivity index (χ0n) is 19.8. The van der Waals surface area contributed by atoms with Gasteiger partial charge >= 0.3 is 18.6 Å². The minimum Gasteiger partial charge on any atom is -0.443 e. The number of aromatic nitrogens is 5. The summed E-state index contributed by atoms with van der Waals surface area (Å²) >= 11 is 0. The molecule has 0 aromatic carbocycles. The Labute approximate surface area is 209 Å². The first-order chi connectivity index (χ1) is 17.7. The van der Waals surface area contributed by atoms with Crippen LogP contribution < -0.4 is 10.6 Å². The van der Waals surface area contributed by atoms with E-state index in [0.717, 1.165) is 10.6 Å². The maximum absolute atomic E-state index is 15.0. The molecule has 3 aromatic rings. The van der Waals surface area contributed by atoms with Crippen LogP contribution in [-0.4, -0.2) is 55.3 Å². The number of rotatable bonds is 7. The summed E-state index contributed by atoms with van der Waals surface area (Å²) < 4.78 is 102. The van der Waals surface area contributed by atoms with Crippen LogP contribution in [0.5, 0.6) is 0 Å². The summed E-state index contributed by atoms with van der Waals surface area (Å²) in [4.78, 5) is 19.1. The van der Waals surface area contributed by atoms with E-state index >= 15 is 4.39 Å². The highest BCUT2D eigenvalue weighted by atomic mass is 19.4. The Morgan fingerprint density at radius 3 is 2.58 bits per heavy atom. The summed E-state index contributed by atoms with van der Waals surface area (Å²) in [5.41, 5.74) is -1.70. The van der Waals surface area contributed by atoms with E-state index in [1.807, 2.05) is 0 Å². The number of imidazole rings is 1. The standard InChI is InChI=1S/C21H22F7N7O3/c1-9(2)29-19(36)38-13-4-3-11(17(13)22)12-5-15(34-33-12)32-18-31-14(20(23,24)25)6-16-30-10(7-35(16)18)8-37-21(26,27)28/h5-7,9,11,13,17H,3-4,8H2,1-2H3,(H,29,36)(H2,31,32,33,34)/t11-,13-,17-/m0/s1. The van der Waals surface area contributed by atoms with Crippen molar-refractivity contribution < 1.29 is 45.0 Å². The largest absolute Gasteiger partial charge is 0.522 e. The van der Waals surface area contributed by atoms with Crippen LogP contribution >= 0.6 is 0 Å². The zero-order valence-corrected chi connectivity index (χ0v) is 19.8. The molecule has 1 fully saturated rings. The van der Waals surface area contributed by atoms with Gasteiger partial charge in [0.25, 0.3) is 0 Å². The van der Waals surface area contributed by atoms with Gasteiger partial charge in [-0.1, -0.05) is 0 Å². The number of alkyl carbamates (subject to hydrolysis) is 1. The lowest BCUT2D eigenvalue weighted by Crippen LogP contribution is -2.36. The van der Waals surface area contributed by atoms with E-state index in [0.29, 0.717) is 18.2 Å². The Bertz CT molecular complexity index is 1290. The lowest BCUT2D eigenvalue weighted by atomic mass is 10.0.